The quantitative estimate of drug-likeness (QED) is 0.176. The van der Waals surface area contributed by atoms with Gasteiger partial charge in [0, 0.05) is 32.9 Å². The lowest BCUT2D eigenvalue weighted by Gasteiger charge is -2.19. The molecule has 0 aliphatic rings. The number of nitrogens with zero attached hydrogens (tertiary/aromatic N) is 4. The molecule has 0 aliphatic carbocycles. The van der Waals surface area contributed by atoms with E-state index in [0.717, 1.165) is 55.3 Å². The van der Waals surface area contributed by atoms with Gasteiger partial charge in [0.1, 0.15) is 0 Å². The predicted molar refractivity (Wildman–Crippen MR) is 209 cm³/mol. The third-order valence-corrected chi connectivity index (χ3v) is 10.1. The molecule has 0 saturated heterocycles. The molecule has 0 N–H and O–H groups in total. The predicted octanol–water partition coefficient (Wildman–Crippen LogP) is 12.6. The van der Waals surface area contributed by atoms with Gasteiger partial charge in [0.15, 0.2) is 5.69 Å². The van der Waals surface area contributed by atoms with Crippen molar-refractivity contribution in [1.29, 1.82) is 5.26 Å². The summed E-state index contributed by atoms with van der Waals surface area (Å²) in [6.07, 6.45) is 0. The standard InChI is InChI=1S/C46H38N4/c1-45(2,3)30-18-21-42-36(24-30)37-25-31(46(4,5)6)19-22-43(37)49(42)33-26-38-34-15-11-12-16-41(34)50(32-13-9-8-10-14-32)44(38)39(27-33)35-23-29(28-47)17-20-40(35)48-7/h8-27H,1-6H3. The van der Waals surface area contributed by atoms with Crippen molar-refractivity contribution >= 4 is 49.3 Å². The van der Waals surface area contributed by atoms with Crippen LogP contribution in [-0.2, 0) is 10.8 Å². The molecule has 0 atom stereocenters. The molecule has 0 aliphatic heterocycles. The second-order valence-electron chi connectivity index (χ2n) is 15.3. The highest BCUT2D eigenvalue weighted by Crippen LogP contribution is 2.45. The van der Waals surface area contributed by atoms with Crippen molar-refractivity contribution in [2.24, 2.45) is 0 Å². The second-order valence-corrected chi connectivity index (χ2v) is 15.3. The highest BCUT2D eigenvalue weighted by molar-refractivity contribution is 6.16. The summed E-state index contributed by atoms with van der Waals surface area (Å²) < 4.78 is 4.68. The maximum Gasteiger partial charge on any atom is 0.195 e. The van der Waals surface area contributed by atoms with E-state index in [2.05, 4.69) is 159 Å². The normalized spacial score (nSPS) is 12.2. The molecular formula is C46H38N4. The van der Waals surface area contributed by atoms with Gasteiger partial charge in [-0.15, -0.1) is 0 Å². The van der Waals surface area contributed by atoms with Crippen LogP contribution in [0, 0.1) is 17.9 Å². The fourth-order valence-electron chi connectivity index (χ4n) is 7.42. The molecule has 0 radical (unpaired) electrons. The summed E-state index contributed by atoms with van der Waals surface area (Å²) in [4.78, 5) is 3.97. The lowest BCUT2D eigenvalue weighted by atomic mass is 9.85. The molecule has 50 heavy (non-hydrogen) atoms. The van der Waals surface area contributed by atoms with Gasteiger partial charge in [-0.2, -0.15) is 5.26 Å². The second kappa shape index (κ2) is 11.2. The van der Waals surface area contributed by atoms with Crippen LogP contribution in [0.15, 0.2) is 121 Å². The van der Waals surface area contributed by atoms with Gasteiger partial charge in [-0.3, -0.25) is 0 Å². The first-order valence-electron chi connectivity index (χ1n) is 17.1. The van der Waals surface area contributed by atoms with Gasteiger partial charge in [-0.25, -0.2) is 4.85 Å². The monoisotopic (exact) mass is 646 g/mol. The molecular weight excluding hydrogens is 609 g/mol. The number of benzene rings is 6. The smallest absolute Gasteiger partial charge is 0.195 e. The van der Waals surface area contributed by atoms with Crippen molar-refractivity contribution in [3.63, 3.8) is 0 Å². The number of aromatic nitrogens is 2. The lowest BCUT2D eigenvalue weighted by molar-refractivity contribution is 0.590. The number of fused-ring (bicyclic) bond motifs is 6. The first-order valence-corrected chi connectivity index (χ1v) is 17.1. The van der Waals surface area contributed by atoms with Crippen molar-refractivity contribution in [2.75, 3.05) is 0 Å². The van der Waals surface area contributed by atoms with Crippen molar-refractivity contribution in [3.8, 4) is 28.6 Å². The molecule has 0 unspecified atom stereocenters. The van der Waals surface area contributed by atoms with Crippen molar-refractivity contribution in [2.45, 2.75) is 52.4 Å². The summed E-state index contributed by atoms with van der Waals surface area (Å²) in [6, 6.07) is 44.9. The van der Waals surface area contributed by atoms with E-state index in [1.165, 1.54) is 21.9 Å². The summed E-state index contributed by atoms with van der Waals surface area (Å²) in [5.41, 5.74) is 11.7. The molecule has 4 nitrogen and oxygen atoms in total. The minimum absolute atomic E-state index is 0.00246. The van der Waals surface area contributed by atoms with Gasteiger partial charge in [-0.05, 0) is 93.7 Å². The molecule has 0 bridgehead atoms. The van der Waals surface area contributed by atoms with Gasteiger partial charge in [0.25, 0.3) is 0 Å². The Morgan fingerprint density at radius 3 is 1.74 bits per heavy atom. The highest BCUT2D eigenvalue weighted by Gasteiger charge is 2.24. The summed E-state index contributed by atoms with van der Waals surface area (Å²) >= 11 is 0. The van der Waals surface area contributed by atoms with Crippen LogP contribution < -0.4 is 0 Å². The Labute approximate surface area is 293 Å². The van der Waals surface area contributed by atoms with Crippen LogP contribution >= 0.6 is 0 Å². The van der Waals surface area contributed by atoms with E-state index in [9.17, 15) is 5.26 Å². The maximum atomic E-state index is 10.00. The number of para-hydroxylation sites is 2. The summed E-state index contributed by atoms with van der Waals surface area (Å²) in [6.45, 7) is 21.8. The fraction of sp³-hybridized carbons (Fsp3) is 0.174. The number of nitriles is 1. The van der Waals surface area contributed by atoms with Crippen LogP contribution in [-0.4, -0.2) is 9.13 Å². The lowest BCUT2D eigenvalue weighted by Crippen LogP contribution is -2.10. The molecule has 8 rings (SSSR count). The SMILES string of the molecule is [C-]#[N+]c1ccc(C#N)cc1-c1cc(-n2c3ccc(C(C)(C)C)cc3c3cc(C(C)(C)C)ccc32)cc2c3ccccc3n(-c3ccccc3)c12. The molecule has 0 saturated carbocycles. The van der Waals surface area contributed by atoms with E-state index >= 15 is 0 Å². The third-order valence-electron chi connectivity index (χ3n) is 10.1. The Hall–Kier alpha value is -6.10. The van der Waals surface area contributed by atoms with Gasteiger partial charge in [-0.1, -0.05) is 102 Å². The van der Waals surface area contributed by atoms with Crippen LogP contribution in [0.3, 0.4) is 0 Å². The van der Waals surface area contributed by atoms with E-state index in [-0.39, 0.29) is 10.8 Å². The van der Waals surface area contributed by atoms with E-state index < -0.39 is 0 Å². The average molecular weight is 647 g/mol. The zero-order chi connectivity index (χ0) is 34.9. The summed E-state index contributed by atoms with van der Waals surface area (Å²) in [5, 5.41) is 14.7. The molecule has 8 aromatic rings. The minimum Gasteiger partial charge on any atom is -0.309 e. The van der Waals surface area contributed by atoms with Crippen LogP contribution in [0.1, 0.15) is 58.2 Å². The van der Waals surface area contributed by atoms with Crippen LogP contribution in [0.5, 0.6) is 0 Å². The Kier molecular flexibility index (Phi) is 7.00. The van der Waals surface area contributed by atoms with E-state index in [1.54, 1.807) is 12.1 Å². The van der Waals surface area contributed by atoms with E-state index in [4.69, 9.17) is 6.57 Å². The third kappa shape index (κ3) is 4.88. The molecule has 2 aromatic heterocycles. The van der Waals surface area contributed by atoms with Crippen LogP contribution in [0.2, 0.25) is 0 Å². The summed E-state index contributed by atoms with van der Waals surface area (Å²) in [7, 11) is 0. The van der Waals surface area contributed by atoms with Crippen LogP contribution in [0.25, 0.3) is 71.0 Å². The Morgan fingerprint density at radius 2 is 1.14 bits per heavy atom. The largest absolute Gasteiger partial charge is 0.309 e. The zero-order valence-corrected chi connectivity index (χ0v) is 29.3. The summed E-state index contributed by atoms with van der Waals surface area (Å²) in [5.74, 6) is 0. The van der Waals surface area contributed by atoms with Gasteiger partial charge >= 0.3 is 0 Å². The zero-order valence-electron chi connectivity index (χ0n) is 29.3. The Bertz CT molecular complexity index is 2660. The topological polar surface area (TPSA) is 38.0 Å². The number of hydrogen-bond acceptors (Lipinski definition) is 1. The molecule has 0 spiro atoms. The molecule has 4 heteroatoms. The highest BCUT2D eigenvalue weighted by atomic mass is 15.0. The first kappa shape index (κ1) is 31.2. The molecule has 6 aromatic carbocycles. The average Bonchev–Trinajstić information content (AvgIpc) is 3.63. The maximum absolute atomic E-state index is 10.00. The van der Waals surface area contributed by atoms with E-state index in [1.807, 2.05) is 12.1 Å². The minimum atomic E-state index is -0.00246. The van der Waals surface area contributed by atoms with Gasteiger partial charge in [0.05, 0.1) is 40.3 Å². The van der Waals surface area contributed by atoms with Gasteiger partial charge in [0.2, 0.25) is 0 Å². The Balaban J connectivity index is 1.57. The first-order chi connectivity index (χ1) is 24.0. The number of hydrogen-bond donors (Lipinski definition) is 0. The van der Waals surface area contributed by atoms with Crippen molar-refractivity contribution in [1.82, 2.24) is 9.13 Å². The van der Waals surface area contributed by atoms with Crippen molar-refractivity contribution in [3.05, 3.63) is 149 Å². The van der Waals surface area contributed by atoms with Gasteiger partial charge < -0.3 is 9.13 Å². The van der Waals surface area contributed by atoms with E-state index in [0.29, 0.717) is 11.3 Å². The fourth-order valence-corrected chi connectivity index (χ4v) is 7.42. The van der Waals surface area contributed by atoms with Crippen LogP contribution in [0.4, 0.5) is 5.69 Å². The van der Waals surface area contributed by atoms with Crippen molar-refractivity contribution < 1.29 is 0 Å². The number of rotatable bonds is 3. The molecule has 242 valence electrons. The molecule has 0 fully saturated rings. The molecule has 2 heterocycles. The molecule has 0 amide bonds. The Morgan fingerprint density at radius 1 is 0.540 bits per heavy atom.